The van der Waals surface area contributed by atoms with Crippen molar-refractivity contribution in [1.82, 2.24) is 24.9 Å². The van der Waals surface area contributed by atoms with Gasteiger partial charge < -0.3 is 9.97 Å². The number of benzene rings is 4. The van der Waals surface area contributed by atoms with Gasteiger partial charge in [0.1, 0.15) is 11.6 Å². The van der Waals surface area contributed by atoms with Crippen molar-refractivity contribution in [2.75, 3.05) is 0 Å². The summed E-state index contributed by atoms with van der Waals surface area (Å²) in [4.78, 5) is 21.6. The minimum atomic E-state index is 0.327. The van der Waals surface area contributed by atoms with Crippen molar-refractivity contribution in [3.63, 3.8) is 0 Å². The maximum atomic E-state index is 4.98. The summed E-state index contributed by atoms with van der Waals surface area (Å²) in [5.74, 6) is 2.82. The van der Waals surface area contributed by atoms with Crippen LogP contribution in [0.1, 0.15) is 62.4 Å². The summed E-state index contributed by atoms with van der Waals surface area (Å²) in [6, 6.07) is 20.4. The molecule has 4 aromatic carbocycles. The fraction of sp³-hybridized carbons (Fsp3) is 0.229. The van der Waals surface area contributed by atoms with Gasteiger partial charge in [-0.25, -0.2) is 9.97 Å². The van der Waals surface area contributed by atoms with Crippen LogP contribution in [0, 0.1) is 0 Å². The van der Waals surface area contributed by atoms with Crippen LogP contribution in [0.3, 0.4) is 0 Å². The molecule has 2 N–H and O–H groups in total. The van der Waals surface area contributed by atoms with Crippen LogP contribution in [0.15, 0.2) is 67.0 Å². The molecule has 7 aromatic rings. The van der Waals surface area contributed by atoms with E-state index in [1.54, 1.807) is 0 Å². The van der Waals surface area contributed by atoms with Crippen molar-refractivity contribution in [2.24, 2.45) is 0 Å². The molecule has 5 heteroatoms. The van der Waals surface area contributed by atoms with Crippen molar-refractivity contribution in [1.29, 1.82) is 0 Å². The van der Waals surface area contributed by atoms with Gasteiger partial charge in [-0.3, -0.25) is 4.98 Å². The lowest BCUT2D eigenvalue weighted by Crippen LogP contribution is -2.04. The molecule has 3 heterocycles. The molecular weight excluding hydrogens is 490 g/mol. The maximum Gasteiger partial charge on any atom is 0.109 e. The van der Waals surface area contributed by atoms with E-state index in [1.807, 2.05) is 12.4 Å². The lowest BCUT2D eigenvalue weighted by atomic mass is 9.87. The number of aromatic nitrogens is 5. The Hall–Kier alpha value is -4.51. The number of rotatable bonds is 3. The van der Waals surface area contributed by atoms with Gasteiger partial charge >= 0.3 is 0 Å². The van der Waals surface area contributed by atoms with Crippen LogP contribution in [-0.4, -0.2) is 24.9 Å². The predicted octanol–water partition coefficient (Wildman–Crippen LogP) is 8.82. The Morgan fingerprint density at radius 3 is 2.27 bits per heavy atom. The summed E-state index contributed by atoms with van der Waals surface area (Å²) in [5.41, 5.74) is 9.64. The Morgan fingerprint density at radius 1 is 0.675 bits per heavy atom. The van der Waals surface area contributed by atoms with E-state index in [-0.39, 0.29) is 0 Å². The third kappa shape index (κ3) is 3.37. The van der Waals surface area contributed by atoms with Crippen LogP contribution in [0.2, 0.25) is 0 Å². The number of fused-ring (bicyclic) bond motifs is 11. The first kappa shape index (κ1) is 23.4. The highest BCUT2D eigenvalue weighted by Crippen LogP contribution is 2.40. The molecule has 8 rings (SSSR count). The number of nitrogens with zero attached hydrogens (tertiary/aromatic N) is 3. The largest absolute Gasteiger partial charge is 0.345 e. The van der Waals surface area contributed by atoms with E-state index in [4.69, 9.17) is 9.97 Å². The second-order valence-electron chi connectivity index (χ2n) is 11.8. The van der Waals surface area contributed by atoms with Gasteiger partial charge in [-0.1, -0.05) is 64.1 Å². The van der Waals surface area contributed by atoms with Gasteiger partial charge in [-0.2, -0.15) is 0 Å². The highest BCUT2D eigenvalue weighted by atomic mass is 14.9. The first-order valence-corrected chi connectivity index (χ1v) is 14.3. The van der Waals surface area contributed by atoms with E-state index < -0.39 is 0 Å². The zero-order chi connectivity index (χ0) is 27.1. The van der Waals surface area contributed by atoms with Gasteiger partial charge in [0, 0.05) is 46.3 Å². The summed E-state index contributed by atoms with van der Waals surface area (Å²) in [7, 11) is 0. The van der Waals surface area contributed by atoms with Gasteiger partial charge in [-0.15, -0.1) is 0 Å². The molecule has 0 atom stereocenters. The number of H-pyrrole nitrogens is 2. The minimum absolute atomic E-state index is 0.327. The molecular formula is C35H31N5. The summed E-state index contributed by atoms with van der Waals surface area (Å²) >= 11 is 0. The van der Waals surface area contributed by atoms with Crippen molar-refractivity contribution in [3.05, 3.63) is 89.9 Å². The molecule has 0 saturated carbocycles. The number of hydrogen-bond acceptors (Lipinski definition) is 3. The van der Waals surface area contributed by atoms with Crippen molar-refractivity contribution in [3.8, 4) is 22.4 Å². The van der Waals surface area contributed by atoms with Crippen LogP contribution >= 0.6 is 0 Å². The van der Waals surface area contributed by atoms with E-state index in [0.717, 1.165) is 46.6 Å². The topological polar surface area (TPSA) is 70.2 Å². The van der Waals surface area contributed by atoms with E-state index >= 15 is 0 Å². The average molecular weight is 522 g/mol. The summed E-state index contributed by atoms with van der Waals surface area (Å²) < 4.78 is 0. The number of aromatic amines is 2. The quantitative estimate of drug-likeness (QED) is 0.228. The van der Waals surface area contributed by atoms with E-state index in [9.17, 15) is 0 Å². The third-order valence-corrected chi connectivity index (χ3v) is 8.61. The fourth-order valence-corrected chi connectivity index (χ4v) is 6.46. The molecule has 1 aliphatic rings. The van der Waals surface area contributed by atoms with Crippen LogP contribution in [0.4, 0.5) is 0 Å². The van der Waals surface area contributed by atoms with Gasteiger partial charge in [0.15, 0.2) is 0 Å². The lowest BCUT2D eigenvalue weighted by molar-refractivity contribution is 0.787. The molecule has 0 amide bonds. The standard InChI is InChI=1S/C35H31N5/c1-18(2)34-37-30-12-11-24-23-8-5-20(15-22(23)7-10-26(24)31(30)38-34)21-6-9-27-28(16-21)25-13-14-36-17-29(25)33-32(27)39-35(40-33)19(3)4/h5-10,13-19H,11-12H2,1-4H3,(H,37,38)(H,39,40). The SMILES string of the molecule is CC(C)c1nc2c([nH]1)CCc1c-2ccc2cc(-c3ccc4c(c3)c3ccncc3c3nc(C(C)C)[nH]c43)ccc12. The molecule has 0 bridgehead atoms. The first-order chi connectivity index (χ1) is 19.5. The minimum Gasteiger partial charge on any atom is -0.345 e. The van der Waals surface area contributed by atoms with Crippen LogP contribution in [0.5, 0.6) is 0 Å². The maximum absolute atomic E-state index is 4.98. The lowest BCUT2D eigenvalue weighted by Gasteiger charge is -2.18. The van der Waals surface area contributed by atoms with Gasteiger partial charge in [0.05, 0.1) is 16.7 Å². The van der Waals surface area contributed by atoms with E-state index in [1.165, 1.54) is 54.9 Å². The Morgan fingerprint density at radius 2 is 1.45 bits per heavy atom. The second-order valence-corrected chi connectivity index (χ2v) is 11.8. The highest BCUT2D eigenvalue weighted by Gasteiger charge is 2.23. The van der Waals surface area contributed by atoms with Crippen LogP contribution < -0.4 is 0 Å². The Labute approximate surface area is 232 Å². The summed E-state index contributed by atoms with van der Waals surface area (Å²) in [5, 5.41) is 7.30. The molecule has 40 heavy (non-hydrogen) atoms. The fourth-order valence-electron chi connectivity index (χ4n) is 6.46. The molecule has 0 saturated heterocycles. The van der Waals surface area contributed by atoms with Crippen LogP contribution in [0.25, 0.3) is 65.7 Å². The van der Waals surface area contributed by atoms with Crippen LogP contribution in [-0.2, 0) is 12.8 Å². The monoisotopic (exact) mass is 521 g/mol. The summed E-state index contributed by atoms with van der Waals surface area (Å²) in [6.07, 6.45) is 5.87. The number of imidazole rings is 2. The van der Waals surface area contributed by atoms with Gasteiger partial charge in [0.25, 0.3) is 0 Å². The Balaban J connectivity index is 1.28. The molecule has 0 radical (unpaired) electrons. The zero-order valence-corrected chi connectivity index (χ0v) is 23.3. The highest BCUT2D eigenvalue weighted by molar-refractivity contribution is 6.23. The van der Waals surface area contributed by atoms with Gasteiger partial charge in [0.2, 0.25) is 0 Å². The average Bonchev–Trinajstić information content (AvgIpc) is 3.63. The molecule has 0 fully saturated rings. The Bertz CT molecular complexity index is 2130. The first-order valence-electron chi connectivity index (χ1n) is 14.3. The summed E-state index contributed by atoms with van der Waals surface area (Å²) in [6.45, 7) is 8.73. The Kier molecular flexibility index (Phi) is 4.96. The predicted molar refractivity (Wildman–Crippen MR) is 165 cm³/mol. The molecule has 0 aliphatic heterocycles. The number of aryl methyl sites for hydroxylation is 2. The van der Waals surface area contributed by atoms with Crippen molar-refractivity contribution >= 4 is 43.4 Å². The van der Waals surface area contributed by atoms with Crippen molar-refractivity contribution in [2.45, 2.75) is 52.4 Å². The smallest absolute Gasteiger partial charge is 0.109 e. The molecule has 3 aromatic heterocycles. The zero-order valence-electron chi connectivity index (χ0n) is 23.3. The molecule has 5 nitrogen and oxygen atoms in total. The number of pyridine rings is 1. The normalized spacial score (nSPS) is 13.2. The molecule has 0 unspecified atom stereocenters. The number of hydrogen-bond donors (Lipinski definition) is 2. The molecule has 0 spiro atoms. The number of nitrogens with one attached hydrogen (secondary N) is 2. The molecule has 1 aliphatic carbocycles. The van der Waals surface area contributed by atoms with Crippen molar-refractivity contribution < 1.29 is 0 Å². The third-order valence-electron chi connectivity index (χ3n) is 8.61. The van der Waals surface area contributed by atoms with E-state index in [2.05, 4.69) is 97.2 Å². The second kappa shape index (κ2) is 8.49. The molecule has 196 valence electrons. The van der Waals surface area contributed by atoms with E-state index in [0.29, 0.717) is 11.8 Å². The van der Waals surface area contributed by atoms with Gasteiger partial charge in [-0.05, 0) is 69.3 Å².